The molecule has 0 amide bonds. The summed E-state index contributed by atoms with van der Waals surface area (Å²) in [6.45, 7) is 6.43. The maximum Gasteiger partial charge on any atom is 0.120 e. The number of morpholine rings is 1. The number of fused-ring (bicyclic) bond motifs is 2. The summed E-state index contributed by atoms with van der Waals surface area (Å²) in [5.41, 5.74) is 3.03. The minimum atomic E-state index is 0.411. The van der Waals surface area contributed by atoms with E-state index in [0.29, 0.717) is 12.1 Å². The van der Waals surface area contributed by atoms with Gasteiger partial charge in [0.1, 0.15) is 11.9 Å². The van der Waals surface area contributed by atoms with E-state index in [0.717, 1.165) is 38.1 Å². The number of hydrogen-bond acceptors (Lipinski definition) is 4. The Balaban J connectivity index is 1.25. The molecule has 1 aromatic carbocycles. The lowest BCUT2D eigenvalue weighted by atomic mass is 10.00. The molecule has 3 aliphatic heterocycles. The van der Waals surface area contributed by atoms with Crippen molar-refractivity contribution in [2.45, 2.75) is 56.7 Å². The van der Waals surface area contributed by atoms with Crippen LogP contribution in [0.3, 0.4) is 0 Å². The Bertz CT molecular complexity index is 614. The van der Waals surface area contributed by atoms with Gasteiger partial charge < -0.3 is 14.4 Å². The molecule has 0 spiro atoms. The minimum Gasteiger partial charge on any atom is -0.490 e. The fourth-order valence-electron chi connectivity index (χ4n) is 5.40. The van der Waals surface area contributed by atoms with Crippen molar-refractivity contribution in [3.8, 4) is 5.75 Å². The zero-order valence-corrected chi connectivity index (χ0v) is 15.2. The van der Waals surface area contributed by atoms with E-state index >= 15 is 0 Å². The van der Waals surface area contributed by atoms with Crippen molar-refractivity contribution in [1.29, 1.82) is 0 Å². The van der Waals surface area contributed by atoms with Crippen LogP contribution in [0.25, 0.3) is 0 Å². The molecule has 3 unspecified atom stereocenters. The molecule has 3 fully saturated rings. The topological polar surface area (TPSA) is 24.9 Å². The molecule has 4 heteroatoms. The molecule has 0 bridgehead atoms. The van der Waals surface area contributed by atoms with Crippen LogP contribution in [0.1, 0.15) is 49.3 Å². The highest BCUT2D eigenvalue weighted by molar-refractivity contribution is 5.41. The van der Waals surface area contributed by atoms with Crippen LogP contribution in [-0.4, -0.2) is 61.3 Å². The normalized spacial score (nSPS) is 33.2. The van der Waals surface area contributed by atoms with Gasteiger partial charge in [0.2, 0.25) is 0 Å². The van der Waals surface area contributed by atoms with E-state index in [1.807, 2.05) is 0 Å². The molecule has 5 rings (SSSR count). The molecular formula is C21H30N2O2. The fourth-order valence-corrected chi connectivity index (χ4v) is 5.40. The van der Waals surface area contributed by atoms with Crippen LogP contribution in [0, 0.1) is 0 Å². The molecule has 3 atom stereocenters. The van der Waals surface area contributed by atoms with Gasteiger partial charge in [0.25, 0.3) is 0 Å². The third-order valence-electron chi connectivity index (χ3n) is 6.72. The molecule has 0 saturated carbocycles. The minimum absolute atomic E-state index is 0.411. The van der Waals surface area contributed by atoms with E-state index in [-0.39, 0.29) is 0 Å². The van der Waals surface area contributed by atoms with Gasteiger partial charge in [-0.3, -0.25) is 4.90 Å². The summed E-state index contributed by atoms with van der Waals surface area (Å²) in [6, 6.07) is 8.26. The quantitative estimate of drug-likeness (QED) is 0.843. The summed E-state index contributed by atoms with van der Waals surface area (Å²) in [6.07, 6.45) is 7.99. The Morgan fingerprint density at radius 3 is 2.80 bits per heavy atom. The predicted octanol–water partition coefficient (Wildman–Crippen LogP) is 3.01. The predicted molar refractivity (Wildman–Crippen MR) is 98.1 cm³/mol. The van der Waals surface area contributed by atoms with Gasteiger partial charge in [-0.2, -0.15) is 0 Å². The molecule has 4 aliphatic rings. The molecule has 4 nitrogen and oxygen atoms in total. The molecule has 25 heavy (non-hydrogen) atoms. The van der Waals surface area contributed by atoms with Crippen LogP contribution in [-0.2, 0) is 11.2 Å². The van der Waals surface area contributed by atoms with Crippen molar-refractivity contribution in [3.05, 3.63) is 29.3 Å². The van der Waals surface area contributed by atoms with Crippen molar-refractivity contribution in [1.82, 2.24) is 9.80 Å². The zero-order chi connectivity index (χ0) is 16.6. The van der Waals surface area contributed by atoms with Crippen LogP contribution in [0.5, 0.6) is 5.75 Å². The van der Waals surface area contributed by atoms with Gasteiger partial charge >= 0.3 is 0 Å². The fraction of sp³-hybridized carbons (Fsp3) is 0.714. The highest BCUT2D eigenvalue weighted by atomic mass is 16.5. The SMILES string of the molecule is c1cc2c(cc1OC1CCN3CCCC3C1)CCC2N1CCOCC1. The molecule has 1 aromatic rings. The van der Waals surface area contributed by atoms with E-state index in [9.17, 15) is 0 Å². The van der Waals surface area contributed by atoms with E-state index < -0.39 is 0 Å². The zero-order valence-electron chi connectivity index (χ0n) is 15.2. The Hall–Kier alpha value is -1.10. The molecular weight excluding hydrogens is 312 g/mol. The van der Waals surface area contributed by atoms with Gasteiger partial charge in [-0.15, -0.1) is 0 Å². The van der Waals surface area contributed by atoms with Gasteiger partial charge in [0, 0.05) is 31.7 Å². The second-order valence-electron chi connectivity index (χ2n) is 8.16. The third kappa shape index (κ3) is 3.20. The maximum atomic E-state index is 6.41. The lowest BCUT2D eigenvalue weighted by Crippen LogP contribution is -2.42. The summed E-state index contributed by atoms with van der Waals surface area (Å²) >= 11 is 0. The monoisotopic (exact) mass is 342 g/mol. The van der Waals surface area contributed by atoms with Gasteiger partial charge in [-0.05, 0) is 68.3 Å². The Morgan fingerprint density at radius 2 is 1.88 bits per heavy atom. The molecule has 0 N–H and O–H groups in total. The second kappa shape index (κ2) is 6.90. The first kappa shape index (κ1) is 16.1. The lowest BCUT2D eigenvalue weighted by molar-refractivity contribution is 0.0164. The van der Waals surface area contributed by atoms with Gasteiger partial charge in [-0.25, -0.2) is 0 Å². The Labute approximate surface area is 151 Å². The number of rotatable bonds is 3. The van der Waals surface area contributed by atoms with Crippen molar-refractivity contribution >= 4 is 0 Å². The van der Waals surface area contributed by atoms with Crippen LogP contribution < -0.4 is 4.74 Å². The van der Waals surface area contributed by atoms with Gasteiger partial charge in [0.05, 0.1) is 13.2 Å². The maximum absolute atomic E-state index is 6.41. The summed E-state index contributed by atoms with van der Waals surface area (Å²) in [5.74, 6) is 1.10. The molecule has 1 aliphatic carbocycles. The van der Waals surface area contributed by atoms with Crippen molar-refractivity contribution in [3.63, 3.8) is 0 Å². The summed E-state index contributed by atoms with van der Waals surface area (Å²) < 4.78 is 11.9. The molecule has 136 valence electrons. The number of aryl methyl sites for hydroxylation is 1. The van der Waals surface area contributed by atoms with Crippen LogP contribution >= 0.6 is 0 Å². The average molecular weight is 342 g/mol. The number of ether oxygens (including phenoxy) is 2. The standard InChI is InChI=1S/C21H30N2O2/c1-2-17-15-19(7-9-22(17)8-1)25-18-4-5-20-16(14-18)3-6-21(20)23-10-12-24-13-11-23/h4-5,14,17,19,21H,1-3,6-13,15H2. The molecule has 3 saturated heterocycles. The number of benzene rings is 1. The van der Waals surface area contributed by atoms with Crippen LogP contribution in [0.15, 0.2) is 18.2 Å². The number of piperidine rings is 1. The van der Waals surface area contributed by atoms with Crippen LogP contribution in [0.4, 0.5) is 0 Å². The first-order chi connectivity index (χ1) is 12.4. The third-order valence-corrected chi connectivity index (χ3v) is 6.72. The summed E-state index contributed by atoms with van der Waals surface area (Å²) in [5, 5.41) is 0. The smallest absolute Gasteiger partial charge is 0.120 e. The van der Waals surface area contributed by atoms with Gasteiger partial charge in [0.15, 0.2) is 0 Å². The summed E-state index contributed by atoms with van der Waals surface area (Å²) in [4.78, 5) is 5.27. The van der Waals surface area contributed by atoms with E-state index in [1.54, 1.807) is 0 Å². The number of nitrogens with zero attached hydrogens (tertiary/aromatic N) is 2. The van der Waals surface area contributed by atoms with E-state index in [4.69, 9.17) is 9.47 Å². The van der Waals surface area contributed by atoms with E-state index in [2.05, 4.69) is 28.0 Å². The molecule has 0 aromatic heterocycles. The highest BCUT2D eigenvalue weighted by Gasteiger charge is 2.33. The van der Waals surface area contributed by atoms with E-state index in [1.165, 1.54) is 62.7 Å². The first-order valence-electron chi connectivity index (χ1n) is 10.2. The largest absolute Gasteiger partial charge is 0.490 e. The second-order valence-corrected chi connectivity index (χ2v) is 8.16. The first-order valence-corrected chi connectivity index (χ1v) is 10.2. The Morgan fingerprint density at radius 1 is 0.960 bits per heavy atom. The number of hydrogen-bond donors (Lipinski definition) is 0. The summed E-state index contributed by atoms with van der Waals surface area (Å²) in [7, 11) is 0. The van der Waals surface area contributed by atoms with Crippen molar-refractivity contribution in [2.75, 3.05) is 39.4 Å². The molecule has 0 radical (unpaired) electrons. The highest BCUT2D eigenvalue weighted by Crippen LogP contribution is 2.38. The lowest BCUT2D eigenvalue weighted by Gasteiger charge is -2.35. The average Bonchev–Trinajstić information content (AvgIpc) is 3.28. The van der Waals surface area contributed by atoms with Crippen molar-refractivity contribution < 1.29 is 9.47 Å². The van der Waals surface area contributed by atoms with Crippen LogP contribution in [0.2, 0.25) is 0 Å². The Kier molecular flexibility index (Phi) is 4.44. The van der Waals surface area contributed by atoms with Gasteiger partial charge in [-0.1, -0.05) is 6.07 Å². The van der Waals surface area contributed by atoms with Crippen molar-refractivity contribution in [2.24, 2.45) is 0 Å². The molecule has 3 heterocycles.